The number of carbonyl (C=O) groups excluding carboxylic acids is 4. The van der Waals surface area contributed by atoms with Crippen molar-refractivity contribution < 1.29 is 43.3 Å². The number of carboxylic acids is 1. The SMILES string of the molecule is CCCCCCCCCCCC(=O)OCC(COC(=O)[C@H](CC(=O)O)NC(C)=O)OC(=O)CCCCCCCCCCC. The number of unbranched alkanes of at least 4 members (excludes halogenated alkanes) is 16. The second-order valence-corrected chi connectivity index (χ2v) is 11.4. The summed E-state index contributed by atoms with van der Waals surface area (Å²) < 4.78 is 16.0. The van der Waals surface area contributed by atoms with Gasteiger partial charge in [-0.2, -0.15) is 0 Å². The van der Waals surface area contributed by atoms with Gasteiger partial charge in [0.25, 0.3) is 0 Å². The second-order valence-electron chi connectivity index (χ2n) is 11.4. The third-order valence-corrected chi connectivity index (χ3v) is 7.15. The predicted molar refractivity (Wildman–Crippen MR) is 165 cm³/mol. The van der Waals surface area contributed by atoms with E-state index in [-0.39, 0.29) is 19.4 Å². The first-order valence-electron chi connectivity index (χ1n) is 16.7. The molecule has 10 heteroatoms. The van der Waals surface area contributed by atoms with Gasteiger partial charge in [0.15, 0.2) is 6.10 Å². The summed E-state index contributed by atoms with van der Waals surface area (Å²) in [6.45, 7) is 4.84. The van der Waals surface area contributed by atoms with Crippen LogP contribution in [0.4, 0.5) is 0 Å². The van der Waals surface area contributed by atoms with Crippen molar-refractivity contribution in [1.29, 1.82) is 0 Å². The molecule has 0 rings (SSSR count). The minimum Gasteiger partial charge on any atom is -0.481 e. The van der Waals surface area contributed by atoms with Crippen molar-refractivity contribution in [2.75, 3.05) is 13.2 Å². The average molecular weight is 614 g/mol. The van der Waals surface area contributed by atoms with Crippen molar-refractivity contribution in [3.63, 3.8) is 0 Å². The van der Waals surface area contributed by atoms with Gasteiger partial charge in [-0.1, -0.05) is 117 Å². The van der Waals surface area contributed by atoms with E-state index in [0.29, 0.717) is 12.8 Å². The molecule has 2 atom stereocenters. The third kappa shape index (κ3) is 26.7. The monoisotopic (exact) mass is 613 g/mol. The predicted octanol–water partition coefficient (Wildman–Crippen LogP) is 6.81. The Kier molecular flexibility index (Phi) is 26.4. The number of aliphatic carboxylic acids is 1. The third-order valence-electron chi connectivity index (χ3n) is 7.15. The Morgan fingerprint density at radius 3 is 1.47 bits per heavy atom. The standard InChI is InChI=1S/C33H59NO9/c1-4-6-8-10-12-14-16-18-20-22-31(38)41-25-28(26-42-33(40)29(24-30(36)37)34-27(3)35)43-32(39)23-21-19-17-15-13-11-9-7-5-2/h28-29H,4-26H2,1-3H3,(H,34,35)(H,36,37)/t28?,29-/m0/s1. The molecule has 0 fully saturated rings. The molecule has 1 unspecified atom stereocenters. The van der Waals surface area contributed by atoms with Crippen molar-refractivity contribution in [3.05, 3.63) is 0 Å². The lowest BCUT2D eigenvalue weighted by molar-refractivity contribution is -0.168. The Labute approximate surface area is 259 Å². The smallest absolute Gasteiger partial charge is 0.329 e. The van der Waals surface area contributed by atoms with E-state index in [1.165, 1.54) is 64.2 Å². The van der Waals surface area contributed by atoms with Gasteiger partial charge >= 0.3 is 23.9 Å². The van der Waals surface area contributed by atoms with Crippen LogP contribution in [-0.4, -0.2) is 60.3 Å². The summed E-state index contributed by atoms with van der Waals surface area (Å²) in [5.74, 6) is -3.75. The molecule has 0 heterocycles. The number of nitrogens with one attached hydrogen (secondary N) is 1. The molecule has 1 amide bonds. The molecule has 0 aromatic heterocycles. The number of rotatable bonds is 29. The van der Waals surface area contributed by atoms with Gasteiger partial charge in [0.1, 0.15) is 19.3 Å². The largest absolute Gasteiger partial charge is 0.481 e. The summed E-state index contributed by atoms with van der Waals surface area (Å²) >= 11 is 0. The van der Waals surface area contributed by atoms with E-state index >= 15 is 0 Å². The molecule has 250 valence electrons. The van der Waals surface area contributed by atoms with Crippen LogP contribution < -0.4 is 5.32 Å². The van der Waals surface area contributed by atoms with Crippen molar-refractivity contribution in [1.82, 2.24) is 5.32 Å². The Bertz CT molecular complexity index is 755. The molecule has 0 aromatic carbocycles. The maximum Gasteiger partial charge on any atom is 0.329 e. The highest BCUT2D eigenvalue weighted by Crippen LogP contribution is 2.13. The summed E-state index contributed by atoms with van der Waals surface area (Å²) in [7, 11) is 0. The summed E-state index contributed by atoms with van der Waals surface area (Å²) in [6, 6.07) is -1.39. The average Bonchev–Trinajstić information content (AvgIpc) is 2.95. The second kappa shape index (κ2) is 28.1. The Morgan fingerprint density at radius 2 is 1.02 bits per heavy atom. The lowest BCUT2D eigenvalue weighted by Crippen LogP contribution is -2.43. The topological polar surface area (TPSA) is 145 Å². The fourth-order valence-corrected chi connectivity index (χ4v) is 4.67. The maximum absolute atomic E-state index is 12.5. The maximum atomic E-state index is 12.5. The highest BCUT2D eigenvalue weighted by atomic mass is 16.6. The van der Waals surface area contributed by atoms with E-state index in [9.17, 15) is 24.0 Å². The van der Waals surface area contributed by atoms with Crippen LogP contribution >= 0.6 is 0 Å². The van der Waals surface area contributed by atoms with Gasteiger partial charge < -0.3 is 24.6 Å². The minimum atomic E-state index is -1.39. The summed E-state index contributed by atoms with van der Waals surface area (Å²) in [6.07, 6.45) is 18.8. The van der Waals surface area contributed by atoms with Crippen LogP contribution in [0.2, 0.25) is 0 Å². The van der Waals surface area contributed by atoms with E-state index in [1.807, 2.05) is 0 Å². The summed E-state index contributed by atoms with van der Waals surface area (Å²) in [5, 5.41) is 11.3. The first-order chi connectivity index (χ1) is 20.7. The van der Waals surface area contributed by atoms with Crippen LogP contribution in [0, 0.1) is 0 Å². The lowest BCUT2D eigenvalue weighted by Gasteiger charge is -2.20. The number of amides is 1. The first kappa shape index (κ1) is 40.4. The van der Waals surface area contributed by atoms with Crippen LogP contribution in [0.15, 0.2) is 0 Å². The van der Waals surface area contributed by atoms with Gasteiger partial charge in [-0.3, -0.25) is 19.2 Å². The fourth-order valence-electron chi connectivity index (χ4n) is 4.67. The number of carbonyl (C=O) groups is 5. The molecule has 0 saturated carbocycles. The molecular formula is C33H59NO9. The number of hydrogen-bond donors (Lipinski definition) is 2. The van der Waals surface area contributed by atoms with Gasteiger partial charge in [-0.15, -0.1) is 0 Å². The Morgan fingerprint density at radius 1 is 0.605 bits per heavy atom. The highest BCUT2D eigenvalue weighted by Gasteiger charge is 2.26. The molecule has 0 aliphatic heterocycles. The van der Waals surface area contributed by atoms with Gasteiger partial charge in [0.05, 0.1) is 6.42 Å². The van der Waals surface area contributed by atoms with Crippen molar-refractivity contribution in [2.24, 2.45) is 0 Å². The Hall–Kier alpha value is -2.65. The molecular weight excluding hydrogens is 554 g/mol. The first-order valence-corrected chi connectivity index (χ1v) is 16.7. The zero-order chi connectivity index (χ0) is 32.1. The molecule has 0 bridgehead atoms. The quantitative estimate of drug-likeness (QED) is 0.0528. The number of esters is 3. The van der Waals surface area contributed by atoms with Crippen molar-refractivity contribution in [2.45, 2.75) is 168 Å². The van der Waals surface area contributed by atoms with E-state index in [4.69, 9.17) is 19.3 Å². The van der Waals surface area contributed by atoms with Gasteiger partial charge in [0, 0.05) is 19.8 Å². The molecule has 0 spiro atoms. The molecule has 0 radical (unpaired) electrons. The minimum absolute atomic E-state index is 0.195. The summed E-state index contributed by atoms with van der Waals surface area (Å²) in [5.41, 5.74) is 0. The van der Waals surface area contributed by atoms with E-state index in [0.717, 1.165) is 45.4 Å². The molecule has 43 heavy (non-hydrogen) atoms. The van der Waals surface area contributed by atoms with Crippen LogP contribution in [-0.2, 0) is 38.2 Å². The van der Waals surface area contributed by atoms with Crippen molar-refractivity contribution >= 4 is 29.8 Å². The lowest BCUT2D eigenvalue weighted by atomic mass is 10.1. The van der Waals surface area contributed by atoms with Crippen LogP contribution in [0.25, 0.3) is 0 Å². The number of carboxylic acid groups (broad SMARTS) is 1. The molecule has 0 aromatic rings. The van der Waals surface area contributed by atoms with Crippen LogP contribution in [0.1, 0.15) is 156 Å². The summed E-state index contributed by atoms with van der Waals surface area (Å²) in [4.78, 5) is 59.7. The zero-order valence-electron chi connectivity index (χ0n) is 27.1. The number of ether oxygens (including phenoxy) is 3. The zero-order valence-corrected chi connectivity index (χ0v) is 27.1. The molecule has 2 N–H and O–H groups in total. The van der Waals surface area contributed by atoms with Gasteiger partial charge in [-0.05, 0) is 12.8 Å². The van der Waals surface area contributed by atoms with Crippen LogP contribution in [0.3, 0.4) is 0 Å². The number of hydrogen-bond acceptors (Lipinski definition) is 8. The molecule has 10 nitrogen and oxygen atoms in total. The molecule has 0 saturated heterocycles. The van der Waals surface area contributed by atoms with Crippen LogP contribution in [0.5, 0.6) is 0 Å². The highest BCUT2D eigenvalue weighted by molar-refractivity contribution is 5.86. The van der Waals surface area contributed by atoms with E-state index < -0.39 is 55.0 Å². The van der Waals surface area contributed by atoms with E-state index in [1.54, 1.807) is 0 Å². The Balaban J connectivity index is 4.66. The normalized spacial score (nSPS) is 12.3. The molecule has 0 aliphatic rings. The molecule has 0 aliphatic carbocycles. The fraction of sp³-hybridized carbons (Fsp3) is 0.848. The van der Waals surface area contributed by atoms with Gasteiger partial charge in [-0.25, -0.2) is 4.79 Å². The van der Waals surface area contributed by atoms with Gasteiger partial charge in [0.2, 0.25) is 5.91 Å². The van der Waals surface area contributed by atoms with Crippen molar-refractivity contribution in [3.8, 4) is 0 Å². The van der Waals surface area contributed by atoms with E-state index in [2.05, 4.69) is 19.2 Å².